The zero-order valence-corrected chi connectivity index (χ0v) is 15.0. The fourth-order valence-electron chi connectivity index (χ4n) is 2.26. The van der Waals surface area contributed by atoms with Crippen molar-refractivity contribution in [1.29, 1.82) is 0 Å². The molecule has 3 rings (SSSR count). The monoisotopic (exact) mass is 370 g/mol. The third-order valence-electron chi connectivity index (χ3n) is 3.59. The second kappa shape index (κ2) is 8.43. The van der Waals surface area contributed by atoms with Crippen molar-refractivity contribution in [2.24, 2.45) is 0 Å². The molecule has 0 amide bonds. The Morgan fingerprint density at radius 1 is 1.19 bits per heavy atom. The SMILES string of the molecule is CCN(SCc1ncccc1O)c1nnc(Cc2cccnc2)c(=O)[nH]1. The van der Waals surface area contributed by atoms with Gasteiger partial charge in [0.1, 0.15) is 11.4 Å². The van der Waals surface area contributed by atoms with Crippen LogP contribution in [0.1, 0.15) is 23.9 Å². The molecule has 0 aromatic carbocycles. The first-order chi connectivity index (χ1) is 12.7. The largest absolute Gasteiger partial charge is 0.506 e. The van der Waals surface area contributed by atoms with Gasteiger partial charge in [0.15, 0.2) is 0 Å². The standard InChI is InChI=1S/C17H18N6O2S/c1-2-23(26-11-14-15(24)6-4-8-19-14)17-20-16(25)13(21-22-17)9-12-5-3-7-18-10-12/h3-8,10,24H,2,9,11H2,1H3,(H,20,22,25). The van der Waals surface area contributed by atoms with Crippen LogP contribution in [0.4, 0.5) is 5.95 Å². The predicted molar refractivity (Wildman–Crippen MR) is 99.9 cm³/mol. The van der Waals surface area contributed by atoms with Gasteiger partial charge in [-0.3, -0.25) is 24.1 Å². The third kappa shape index (κ3) is 4.37. The number of aromatic hydroxyl groups is 1. The van der Waals surface area contributed by atoms with Crippen LogP contribution >= 0.6 is 11.9 Å². The van der Waals surface area contributed by atoms with Crippen molar-refractivity contribution in [2.45, 2.75) is 19.1 Å². The number of rotatable bonds is 7. The molecule has 0 aliphatic heterocycles. The first kappa shape index (κ1) is 17.9. The fourth-order valence-corrected chi connectivity index (χ4v) is 3.15. The number of aromatic amines is 1. The molecule has 0 radical (unpaired) electrons. The lowest BCUT2D eigenvalue weighted by Crippen LogP contribution is -2.24. The molecule has 9 heteroatoms. The maximum atomic E-state index is 12.3. The highest BCUT2D eigenvalue weighted by atomic mass is 32.2. The molecule has 0 aliphatic rings. The molecule has 26 heavy (non-hydrogen) atoms. The zero-order valence-electron chi connectivity index (χ0n) is 14.2. The van der Waals surface area contributed by atoms with E-state index in [4.69, 9.17) is 0 Å². The topological polar surface area (TPSA) is 108 Å². The van der Waals surface area contributed by atoms with Crippen LogP contribution in [-0.4, -0.2) is 36.8 Å². The van der Waals surface area contributed by atoms with Crippen molar-refractivity contribution >= 4 is 17.9 Å². The average Bonchev–Trinajstić information content (AvgIpc) is 2.66. The van der Waals surface area contributed by atoms with Crippen LogP contribution in [-0.2, 0) is 12.2 Å². The van der Waals surface area contributed by atoms with E-state index in [1.807, 2.05) is 19.1 Å². The molecule has 0 aliphatic carbocycles. The van der Waals surface area contributed by atoms with Gasteiger partial charge in [-0.15, -0.1) is 10.2 Å². The molecule has 134 valence electrons. The molecular weight excluding hydrogens is 352 g/mol. The van der Waals surface area contributed by atoms with Gasteiger partial charge >= 0.3 is 0 Å². The van der Waals surface area contributed by atoms with Gasteiger partial charge < -0.3 is 5.11 Å². The molecule has 0 atom stereocenters. The van der Waals surface area contributed by atoms with Crippen LogP contribution in [0.15, 0.2) is 47.7 Å². The van der Waals surface area contributed by atoms with E-state index in [1.165, 1.54) is 11.9 Å². The number of nitrogens with zero attached hydrogens (tertiary/aromatic N) is 5. The molecule has 3 aromatic rings. The summed E-state index contributed by atoms with van der Waals surface area (Å²) >= 11 is 1.39. The number of anilines is 1. The molecule has 0 saturated carbocycles. The summed E-state index contributed by atoms with van der Waals surface area (Å²) in [4.78, 5) is 23.3. The zero-order chi connectivity index (χ0) is 18.4. The number of hydrogen-bond acceptors (Lipinski definition) is 8. The van der Waals surface area contributed by atoms with Crippen LogP contribution < -0.4 is 9.86 Å². The van der Waals surface area contributed by atoms with Gasteiger partial charge in [-0.25, -0.2) is 0 Å². The molecule has 8 nitrogen and oxygen atoms in total. The van der Waals surface area contributed by atoms with E-state index in [9.17, 15) is 9.90 Å². The molecule has 0 unspecified atom stereocenters. The van der Waals surface area contributed by atoms with Crippen LogP contribution in [0.5, 0.6) is 5.75 Å². The van der Waals surface area contributed by atoms with Crippen LogP contribution in [0, 0.1) is 0 Å². The van der Waals surface area contributed by atoms with Gasteiger partial charge in [0, 0.05) is 31.6 Å². The fraction of sp³-hybridized carbons (Fsp3) is 0.235. The lowest BCUT2D eigenvalue weighted by molar-refractivity contribution is 0.467. The second-order valence-electron chi connectivity index (χ2n) is 5.40. The number of nitrogens with one attached hydrogen (secondary N) is 1. The van der Waals surface area contributed by atoms with Gasteiger partial charge in [-0.1, -0.05) is 6.07 Å². The summed E-state index contributed by atoms with van der Waals surface area (Å²) in [5, 5.41) is 18.0. The Bertz CT molecular complexity index is 918. The van der Waals surface area contributed by atoms with E-state index >= 15 is 0 Å². The minimum atomic E-state index is -0.279. The lowest BCUT2D eigenvalue weighted by Gasteiger charge is -2.19. The van der Waals surface area contributed by atoms with Crippen molar-refractivity contribution < 1.29 is 5.11 Å². The van der Waals surface area contributed by atoms with E-state index < -0.39 is 0 Å². The van der Waals surface area contributed by atoms with Crippen molar-refractivity contribution in [3.8, 4) is 5.75 Å². The van der Waals surface area contributed by atoms with Gasteiger partial charge in [0.25, 0.3) is 5.56 Å². The van der Waals surface area contributed by atoms with Gasteiger partial charge in [0.05, 0.1) is 11.4 Å². The molecular formula is C17H18N6O2S. The van der Waals surface area contributed by atoms with E-state index in [1.54, 1.807) is 35.0 Å². The summed E-state index contributed by atoms with van der Waals surface area (Å²) < 4.78 is 1.80. The molecule has 0 fully saturated rings. The highest BCUT2D eigenvalue weighted by Crippen LogP contribution is 2.24. The van der Waals surface area contributed by atoms with Crippen LogP contribution in [0.3, 0.4) is 0 Å². The number of hydrogen-bond donors (Lipinski definition) is 2. The van der Waals surface area contributed by atoms with Crippen LogP contribution in [0.2, 0.25) is 0 Å². The Hall–Kier alpha value is -2.94. The predicted octanol–water partition coefficient (Wildman–Crippen LogP) is 1.93. The van der Waals surface area contributed by atoms with E-state index in [0.29, 0.717) is 36.1 Å². The molecule has 0 saturated heterocycles. The normalized spacial score (nSPS) is 10.7. The Kier molecular flexibility index (Phi) is 5.80. The van der Waals surface area contributed by atoms with Crippen molar-refractivity contribution in [1.82, 2.24) is 25.1 Å². The van der Waals surface area contributed by atoms with E-state index in [2.05, 4.69) is 25.1 Å². The summed E-state index contributed by atoms with van der Waals surface area (Å²) in [5.41, 5.74) is 1.52. The number of aromatic nitrogens is 5. The Balaban J connectivity index is 1.72. The van der Waals surface area contributed by atoms with Crippen molar-refractivity contribution in [3.63, 3.8) is 0 Å². The number of pyridine rings is 2. The minimum absolute atomic E-state index is 0.141. The molecule has 3 heterocycles. The van der Waals surface area contributed by atoms with Crippen LogP contribution in [0.25, 0.3) is 0 Å². The first-order valence-electron chi connectivity index (χ1n) is 8.05. The van der Waals surface area contributed by atoms with E-state index in [0.717, 1.165) is 5.56 Å². The summed E-state index contributed by atoms with van der Waals surface area (Å²) in [6.45, 7) is 2.54. The molecule has 2 N–H and O–H groups in total. The van der Waals surface area contributed by atoms with Gasteiger partial charge in [-0.2, -0.15) is 0 Å². The Morgan fingerprint density at radius 2 is 2.04 bits per heavy atom. The maximum absolute atomic E-state index is 12.3. The maximum Gasteiger partial charge on any atom is 0.274 e. The quantitative estimate of drug-likeness (QED) is 0.608. The average molecular weight is 370 g/mol. The summed E-state index contributed by atoms with van der Waals surface area (Å²) in [5.74, 6) is 0.956. The van der Waals surface area contributed by atoms with Crippen molar-refractivity contribution in [3.05, 3.63) is 70.2 Å². The lowest BCUT2D eigenvalue weighted by atomic mass is 10.2. The molecule has 0 spiro atoms. The second-order valence-corrected chi connectivity index (χ2v) is 6.39. The highest BCUT2D eigenvalue weighted by molar-refractivity contribution is 7.99. The Morgan fingerprint density at radius 3 is 2.73 bits per heavy atom. The smallest absolute Gasteiger partial charge is 0.274 e. The highest BCUT2D eigenvalue weighted by Gasteiger charge is 2.13. The van der Waals surface area contributed by atoms with Gasteiger partial charge in [0.2, 0.25) is 5.95 Å². The van der Waals surface area contributed by atoms with Crippen molar-refractivity contribution in [2.75, 3.05) is 10.8 Å². The summed E-state index contributed by atoms with van der Waals surface area (Å²) in [7, 11) is 0. The summed E-state index contributed by atoms with van der Waals surface area (Å²) in [6.07, 6.45) is 5.37. The molecule has 3 aromatic heterocycles. The van der Waals surface area contributed by atoms with E-state index in [-0.39, 0.29) is 11.3 Å². The van der Waals surface area contributed by atoms with Gasteiger partial charge in [-0.05, 0) is 42.6 Å². The molecule has 0 bridgehead atoms. The first-order valence-corrected chi connectivity index (χ1v) is 8.99. The Labute approximate surface area is 154 Å². The third-order valence-corrected chi connectivity index (χ3v) is 4.74. The minimum Gasteiger partial charge on any atom is -0.506 e. The summed E-state index contributed by atoms with van der Waals surface area (Å²) in [6, 6.07) is 6.96. The number of H-pyrrole nitrogens is 1.